The van der Waals surface area contributed by atoms with E-state index < -0.39 is 0 Å². The number of hydrogen-bond donors (Lipinski definition) is 1. The lowest BCUT2D eigenvalue weighted by Gasteiger charge is -2.23. The fraction of sp³-hybridized carbons (Fsp3) is 1.00. The lowest BCUT2D eigenvalue weighted by Crippen LogP contribution is -2.40. The summed E-state index contributed by atoms with van der Waals surface area (Å²) in [6.45, 7) is 3.87. The normalized spacial score (nSPS) is 19.3. The summed E-state index contributed by atoms with van der Waals surface area (Å²) in [6.07, 6.45) is 7.94. The molecule has 108 valence electrons. The molecule has 1 aliphatic carbocycles. The van der Waals surface area contributed by atoms with E-state index in [9.17, 15) is 0 Å². The average Bonchev–Trinajstić information content (AvgIpc) is 2.41. The van der Waals surface area contributed by atoms with Gasteiger partial charge in [-0.2, -0.15) is 0 Å². The van der Waals surface area contributed by atoms with Gasteiger partial charge in [-0.05, 0) is 32.7 Å². The summed E-state index contributed by atoms with van der Waals surface area (Å²) in [5.74, 6) is 0. The van der Waals surface area contributed by atoms with E-state index in [0.29, 0.717) is 6.10 Å². The van der Waals surface area contributed by atoms with E-state index in [1.807, 2.05) is 0 Å². The molecule has 0 heterocycles. The van der Waals surface area contributed by atoms with Crippen LogP contribution in [0.5, 0.6) is 0 Å². The molecule has 1 N–H and O–H groups in total. The lowest BCUT2D eigenvalue weighted by molar-refractivity contribution is -0.119. The van der Waals surface area contributed by atoms with Gasteiger partial charge in [0.05, 0.1) is 12.1 Å². The average molecular weight is 259 g/mol. The van der Waals surface area contributed by atoms with Gasteiger partial charge in [0.25, 0.3) is 0 Å². The summed E-state index contributed by atoms with van der Waals surface area (Å²) >= 11 is 0. The smallest absolute Gasteiger partial charge is 0.171 e. The number of hydrogen-bond acceptors (Lipinski definition) is 4. The molecule has 0 spiro atoms. The molecule has 1 atom stereocenters. The zero-order chi connectivity index (χ0) is 13.2. The van der Waals surface area contributed by atoms with E-state index in [0.717, 1.165) is 19.6 Å². The topological polar surface area (TPSA) is 39.7 Å². The molecular weight excluding hydrogens is 230 g/mol. The Balaban J connectivity index is 1.97. The predicted molar refractivity (Wildman–Crippen MR) is 72.7 cm³/mol. The van der Waals surface area contributed by atoms with Crippen LogP contribution < -0.4 is 5.32 Å². The Morgan fingerprint density at radius 1 is 1.11 bits per heavy atom. The molecule has 0 saturated heterocycles. The first-order valence-corrected chi connectivity index (χ1v) is 7.18. The van der Waals surface area contributed by atoms with E-state index >= 15 is 0 Å². The monoisotopic (exact) mass is 259 g/mol. The first-order valence-electron chi connectivity index (χ1n) is 7.18. The van der Waals surface area contributed by atoms with Crippen molar-refractivity contribution in [1.29, 1.82) is 0 Å². The minimum atomic E-state index is -0.177. The highest BCUT2D eigenvalue weighted by Gasteiger charge is 2.15. The van der Waals surface area contributed by atoms with Crippen LogP contribution >= 0.6 is 0 Å². The van der Waals surface area contributed by atoms with Crippen LogP contribution in [-0.4, -0.2) is 45.8 Å². The molecule has 1 saturated carbocycles. The fourth-order valence-electron chi connectivity index (χ4n) is 2.48. The number of methoxy groups -OCH3 is 2. The van der Waals surface area contributed by atoms with E-state index in [-0.39, 0.29) is 12.3 Å². The van der Waals surface area contributed by atoms with Crippen molar-refractivity contribution in [3.05, 3.63) is 0 Å². The molecule has 1 unspecified atom stereocenters. The molecular formula is C14H29NO3. The second-order valence-electron chi connectivity index (χ2n) is 5.07. The predicted octanol–water partition coefficient (Wildman–Crippen LogP) is 2.32. The Hall–Kier alpha value is -0.160. The van der Waals surface area contributed by atoms with Crippen LogP contribution in [0.25, 0.3) is 0 Å². The summed E-state index contributed by atoms with van der Waals surface area (Å²) in [7, 11) is 3.33. The van der Waals surface area contributed by atoms with Gasteiger partial charge in [0.1, 0.15) is 0 Å². The van der Waals surface area contributed by atoms with Crippen LogP contribution in [0, 0.1) is 0 Å². The third-order valence-corrected chi connectivity index (χ3v) is 3.57. The van der Waals surface area contributed by atoms with Gasteiger partial charge in [0.2, 0.25) is 0 Å². The third kappa shape index (κ3) is 6.14. The fourth-order valence-corrected chi connectivity index (χ4v) is 2.48. The molecule has 0 aromatic heterocycles. The molecule has 0 aliphatic heterocycles. The molecule has 1 fully saturated rings. The SMILES string of the molecule is COC(OC)C(C)NCCCOC1CCCCC1. The van der Waals surface area contributed by atoms with Crippen molar-refractivity contribution in [2.45, 2.75) is 63.9 Å². The Kier molecular flexibility index (Phi) is 8.59. The molecule has 18 heavy (non-hydrogen) atoms. The molecule has 0 amide bonds. The standard InChI is InChI=1S/C14H29NO3/c1-12(14(16-2)17-3)15-10-7-11-18-13-8-5-4-6-9-13/h12-15H,4-11H2,1-3H3. The molecule has 0 aromatic rings. The van der Waals surface area contributed by atoms with E-state index in [1.54, 1.807) is 14.2 Å². The third-order valence-electron chi connectivity index (χ3n) is 3.57. The maximum absolute atomic E-state index is 5.88. The van der Waals surface area contributed by atoms with Crippen molar-refractivity contribution in [2.75, 3.05) is 27.4 Å². The summed E-state index contributed by atoms with van der Waals surface area (Å²) in [5.41, 5.74) is 0. The quantitative estimate of drug-likeness (QED) is 0.509. The van der Waals surface area contributed by atoms with E-state index in [4.69, 9.17) is 14.2 Å². The van der Waals surface area contributed by atoms with Gasteiger partial charge in [-0.1, -0.05) is 19.3 Å². The summed E-state index contributed by atoms with van der Waals surface area (Å²) < 4.78 is 16.3. The summed E-state index contributed by atoms with van der Waals surface area (Å²) in [5, 5.41) is 3.39. The molecule has 1 rings (SSSR count). The van der Waals surface area contributed by atoms with Gasteiger partial charge < -0.3 is 19.5 Å². The van der Waals surface area contributed by atoms with Crippen LogP contribution in [0.15, 0.2) is 0 Å². The maximum atomic E-state index is 5.88. The highest BCUT2D eigenvalue weighted by molar-refractivity contribution is 4.66. The van der Waals surface area contributed by atoms with Gasteiger partial charge in [0.15, 0.2) is 6.29 Å². The molecule has 0 bridgehead atoms. The zero-order valence-corrected chi connectivity index (χ0v) is 12.1. The van der Waals surface area contributed by atoms with Crippen molar-refractivity contribution < 1.29 is 14.2 Å². The Bertz CT molecular complexity index is 191. The van der Waals surface area contributed by atoms with Crippen molar-refractivity contribution in [3.63, 3.8) is 0 Å². The molecule has 4 heteroatoms. The number of ether oxygens (including phenoxy) is 3. The van der Waals surface area contributed by atoms with Crippen LogP contribution in [0.4, 0.5) is 0 Å². The Labute approximate surface area is 111 Å². The van der Waals surface area contributed by atoms with Gasteiger partial charge in [-0.15, -0.1) is 0 Å². The lowest BCUT2D eigenvalue weighted by atomic mass is 9.98. The van der Waals surface area contributed by atoms with Crippen molar-refractivity contribution in [2.24, 2.45) is 0 Å². The number of rotatable bonds is 9. The Morgan fingerprint density at radius 3 is 2.39 bits per heavy atom. The van der Waals surface area contributed by atoms with E-state index in [1.165, 1.54) is 32.1 Å². The summed E-state index contributed by atoms with van der Waals surface area (Å²) in [6, 6.07) is 0.203. The molecule has 4 nitrogen and oxygen atoms in total. The van der Waals surface area contributed by atoms with Crippen LogP contribution in [0.2, 0.25) is 0 Å². The number of nitrogens with one attached hydrogen (secondary N) is 1. The van der Waals surface area contributed by atoms with Crippen LogP contribution in [0.3, 0.4) is 0 Å². The minimum Gasteiger partial charge on any atom is -0.378 e. The molecule has 0 radical (unpaired) electrons. The largest absolute Gasteiger partial charge is 0.378 e. The van der Waals surface area contributed by atoms with Crippen molar-refractivity contribution in [1.82, 2.24) is 5.32 Å². The van der Waals surface area contributed by atoms with Gasteiger partial charge in [-0.25, -0.2) is 0 Å². The van der Waals surface area contributed by atoms with Crippen LogP contribution in [0.1, 0.15) is 45.4 Å². The first kappa shape index (κ1) is 15.9. The zero-order valence-electron chi connectivity index (χ0n) is 12.1. The minimum absolute atomic E-state index is 0.177. The highest BCUT2D eigenvalue weighted by atomic mass is 16.7. The highest BCUT2D eigenvalue weighted by Crippen LogP contribution is 2.20. The molecule has 1 aliphatic rings. The molecule has 0 aromatic carbocycles. The van der Waals surface area contributed by atoms with Crippen molar-refractivity contribution >= 4 is 0 Å². The van der Waals surface area contributed by atoms with Gasteiger partial charge >= 0.3 is 0 Å². The maximum Gasteiger partial charge on any atom is 0.171 e. The second kappa shape index (κ2) is 9.73. The van der Waals surface area contributed by atoms with Crippen molar-refractivity contribution in [3.8, 4) is 0 Å². The van der Waals surface area contributed by atoms with Gasteiger partial charge in [0, 0.05) is 20.8 Å². The summed E-state index contributed by atoms with van der Waals surface area (Å²) in [4.78, 5) is 0. The first-order chi connectivity index (χ1) is 8.77. The van der Waals surface area contributed by atoms with Crippen LogP contribution in [-0.2, 0) is 14.2 Å². The second-order valence-corrected chi connectivity index (χ2v) is 5.07. The Morgan fingerprint density at radius 2 is 1.78 bits per heavy atom. The van der Waals surface area contributed by atoms with E-state index in [2.05, 4.69) is 12.2 Å². The van der Waals surface area contributed by atoms with Gasteiger partial charge in [-0.3, -0.25) is 0 Å².